The molecule has 7 nitrogen and oxygen atoms in total. The van der Waals surface area contributed by atoms with E-state index in [0.29, 0.717) is 5.69 Å². The van der Waals surface area contributed by atoms with Gasteiger partial charge in [0, 0.05) is 5.39 Å². The van der Waals surface area contributed by atoms with Gasteiger partial charge in [-0.3, -0.25) is 4.55 Å². The van der Waals surface area contributed by atoms with Gasteiger partial charge in [-0.25, -0.2) is 0 Å². The SMILES string of the molecule is N#[N+]c1cc(N=Nc2cccc3ccccc23)cc(S(=O)(=O)O)c1.[Cl-]. The van der Waals surface area contributed by atoms with Crippen molar-refractivity contribution in [3.05, 3.63) is 65.6 Å². The first-order chi connectivity index (χ1) is 11.5. The lowest BCUT2D eigenvalue weighted by Crippen LogP contribution is -3.00. The molecule has 0 aliphatic carbocycles. The maximum Gasteiger partial charge on any atom is 0.388 e. The van der Waals surface area contributed by atoms with Crippen molar-refractivity contribution < 1.29 is 25.4 Å². The molecule has 126 valence electrons. The molecule has 3 aromatic carbocycles. The summed E-state index contributed by atoms with van der Waals surface area (Å²) in [7, 11) is -4.45. The second kappa shape index (κ2) is 7.36. The number of nitrogens with zero attached hydrogens (tertiary/aromatic N) is 4. The van der Waals surface area contributed by atoms with Gasteiger partial charge in [-0.15, -0.1) is 5.11 Å². The topological polar surface area (TPSA) is 107 Å². The van der Waals surface area contributed by atoms with Crippen molar-refractivity contribution >= 4 is 38.0 Å². The molecule has 0 spiro atoms. The van der Waals surface area contributed by atoms with Crippen LogP contribution >= 0.6 is 0 Å². The van der Waals surface area contributed by atoms with E-state index in [4.69, 9.17) is 9.95 Å². The summed E-state index contributed by atoms with van der Waals surface area (Å²) >= 11 is 0. The first kappa shape index (κ1) is 18.5. The summed E-state index contributed by atoms with van der Waals surface area (Å²) in [5.74, 6) is 0. The summed E-state index contributed by atoms with van der Waals surface area (Å²) in [6.07, 6.45) is 0. The van der Waals surface area contributed by atoms with Crippen molar-refractivity contribution in [2.24, 2.45) is 10.2 Å². The number of azo groups is 1. The van der Waals surface area contributed by atoms with Crippen LogP contribution in [-0.4, -0.2) is 13.0 Å². The smallest absolute Gasteiger partial charge is 0.388 e. The second-order valence-electron chi connectivity index (χ2n) is 4.96. The van der Waals surface area contributed by atoms with Gasteiger partial charge in [-0.2, -0.15) is 13.5 Å². The molecule has 25 heavy (non-hydrogen) atoms. The molecule has 0 radical (unpaired) electrons. The summed E-state index contributed by atoms with van der Waals surface area (Å²) in [6.45, 7) is 0. The molecule has 0 aliphatic heterocycles. The summed E-state index contributed by atoms with van der Waals surface area (Å²) in [5.41, 5.74) is 0.677. The summed E-state index contributed by atoms with van der Waals surface area (Å²) in [5, 5.41) is 18.9. The predicted molar refractivity (Wildman–Crippen MR) is 89.1 cm³/mol. The van der Waals surface area contributed by atoms with Gasteiger partial charge in [0.1, 0.15) is 4.90 Å². The minimum atomic E-state index is -4.45. The normalized spacial score (nSPS) is 11.2. The van der Waals surface area contributed by atoms with Crippen LogP contribution in [-0.2, 0) is 10.1 Å². The first-order valence-corrected chi connectivity index (χ1v) is 8.28. The monoisotopic (exact) mass is 374 g/mol. The molecule has 1 N–H and O–H groups in total. The lowest BCUT2D eigenvalue weighted by atomic mass is 10.1. The number of halogens is 1. The number of fused-ring (bicyclic) bond motifs is 1. The summed E-state index contributed by atoms with van der Waals surface area (Å²) in [4.78, 5) is 2.51. The minimum Gasteiger partial charge on any atom is -1.00 e. The fraction of sp³-hybridized carbons (Fsp3) is 0. The van der Waals surface area contributed by atoms with E-state index >= 15 is 0 Å². The Morgan fingerprint density at radius 1 is 0.960 bits per heavy atom. The van der Waals surface area contributed by atoms with Crippen LogP contribution in [0.3, 0.4) is 0 Å². The fourth-order valence-corrected chi connectivity index (χ4v) is 2.78. The Morgan fingerprint density at radius 2 is 1.68 bits per heavy atom. The van der Waals surface area contributed by atoms with E-state index in [1.54, 1.807) is 6.07 Å². The van der Waals surface area contributed by atoms with Gasteiger partial charge in [0.15, 0.2) is 4.98 Å². The average Bonchev–Trinajstić information content (AvgIpc) is 2.58. The molecule has 0 amide bonds. The van der Waals surface area contributed by atoms with Crippen LogP contribution in [0.5, 0.6) is 0 Å². The Balaban J connectivity index is 0.00000225. The fourth-order valence-electron chi connectivity index (χ4n) is 2.24. The van der Waals surface area contributed by atoms with E-state index in [-0.39, 0.29) is 23.8 Å². The van der Waals surface area contributed by atoms with E-state index in [2.05, 4.69) is 15.2 Å². The van der Waals surface area contributed by atoms with Crippen LogP contribution in [0.15, 0.2) is 75.8 Å². The molecule has 0 saturated carbocycles. The maximum atomic E-state index is 11.3. The molecule has 9 heteroatoms. The lowest BCUT2D eigenvalue weighted by Gasteiger charge is -2.00. The average molecular weight is 375 g/mol. The third kappa shape index (κ3) is 4.16. The van der Waals surface area contributed by atoms with Gasteiger partial charge in [0.25, 0.3) is 10.1 Å². The van der Waals surface area contributed by atoms with Crippen molar-refractivity contribution in [1.29, 1.82) is 5.39 Å². The number of benzene rings is 3. The Hall–Kier alpha value is -2.86. The minimum absolute atomic E-state index is 0. The molecule has 3 aromatic rings. The number of hydrogen-bond donors (Lipinski definition) is 1. The Morgan fingerprint density at radius 3 is 2.40 bits per heavy atom. The van der Waals surface area contributed by atoms with Crippen molar-refractivity contribution in [1.82, 2.24) is 0 Å². The maximum absolute atomic E-state index is 11.3. The van der Waals surface area contributed by atoms with Crippen LogP contribution in [0.4, 0.5) is 17.1 Å². The molecular formula is C16H11ClN4O3S. The number of diazo groups is 1. The van der Waals surface area contributed by atoms with Crippen molar-refractivity contribution in [2.45, 2.75) is 4.90 Å². The van der Waals surface area contributed by atoms with Crippen molar-refractivity contribution in [2.75, 3.05) is 0 Å². The molecule has 0 saturated heterocycles. The Bertz CT molecular complexity index is 1100. The largest absolute Gasteiger partial charge is 1.00 e. The molecule has 0 bridgehead atoms. The highest BCUT2D eigenvalue weighted by Crippen LogP contribution is 2.30. The van der Waals surface area contributed by atoms with E-state index in [1.165, 1.54) is 6.07 Å². The zero-order valence-electron chi connectivity index (χ0n) is 12.6. The summed E-state index contributed by atoms with van der Waals surface area (Å²) in [6, 6.07) is 16.7. The van der Waals surface area contributed by atoms with Crippen molar-refractivity contribution in [3.63, 3.8) is 0 Å². The van der Waals surface area contributed by atoms with E-state index in [9.17, 15) is 8.42 Å². The molecular weight excluding hydrogens is 364 g/mol. The summed E-state index contributed by atoms with van der Waals surface area (Å²) < 4.78 is 31.7. The molecule has 0 fully saturated rings. The van der Waals surface area contributed by atoms with E-state index in [0.717, 1.165) is 22.9 Å². The Labute approximate surface area is 149 Å². The molecule has 0 heterocycles. The Kier molecular flexibility index (Phi) is 5.44. The van der Waals surface area contributed by atoms with Crippen molar-refractivity contribution in [3.8, 4) is 0 Å². The highest BCUT2D eigenvalue weighted by Gasteiger charge is 2.17. The van der Waals surface area contributed by atoms with E-state index in [1.807, 2.05) is 36.4 Å². The number of rotatable bonds is 3. The highest BCUT2D eigenvalue weighted by atomic mass is 35.5. The zero-order chi connectivity index (χ0) is 17.2. The van der Waals surface area contributed by atoms with Crippen LogP contribution in [0.1, 0.15) is 0 Å². The van der Waals surface area contributed by atoms with Gasteiger partial charge in [-0.1, -0.05) is 36.4 Å². The molecule has 0 aliphatic rings. The van der Waals surface area contributed by atoms with Gasteiger partial charge < -0.3 is 12.4 Å². The van der Waals surface area contributed by atoms with Gasteiger partial charge >= 0.3 is 5.69 Å². The van der Waals surface area contributed by atoms with Gasteiger partial charge in [0.05, 0.1) is 23.5 Å². The zero-order valence-corrected chi connectivity index (χ0v) is 14.2. The standard InChI is InChI=1S/C16H10N4O3S.ClH/c17-18-12-8-13(10-14(9-12)24(21,22)23)19-20-16-7-3-5-11-4-1-2-6-15(11)16;/h1-10H;1H. The van der Waals surface area contributed by atoms with Crippen LogP contribution < -0.4 is 12.4 Å². The lowest BCUT2D eigenvalue weighted by molar-refractivity contribution is -0.00000911. The molecule has 0 atom stereocenters. The third-order valence-corrected chi connectivity index (χ3v) is 4.16. The molecule has 0 aromatic heterocycles. The quantitative estimate of drug-likeness (QED) is 0.429. The van der Waals surface area contributed by atoms with Gasteiger partial charge in [0.2, 0.25) is 5.39 Å². The van der Waals surface area contributed by atoms with E-state index < -0.39 is 15.0 Å². The first-order valence-electron chi connectivity index (χ1n) is 6.84. The highest BCUT2D eigenvalue weighted by molar-refractivity contribution is 7.85. The molecule has 3 rings (SSSR count). The van der Waals surface area contributed by atoms with Gasteiger partial charge in [-0.05, 0) is 17.5 Å². The number of hydrogen-bond acceptors (Lipinski definition) is 5. The van der Waals surface area contributed by atoms with Crippen LogP contribution in [0.2, 0.25) is 0 Å². The van der Waals surface area contributed by atoms with Crippen LogP contribution in [0.25, 0.3) is 15.7 Å². The third-order valence-electron chi connectivity index (χ3n) is 3.33. The second-order valence-corrected chi connectivity index (χ2v) is 6.38. The molecule has 0 unspecified atom stereocenters. The predicted octanol–water partition coefficient (Wildman–Crippen LogP) is 1.99. The van der Waals surface area contributed by atoms with Crippen LogP contribution in [0, 0.1) is 5.39 Å².